The average molecular weight is 233 g/mol. The van der Waals surface area contributed by atoms with Crippen LogP contribution in [0, 0.1) is 6.92 Å². The van der Waals surface area contributed by atoms with E-state index in [0.29, 0.717) is 17.6 Å². The van der Waals surface area contributed by atoms with Gasteiger partial charge in [-0.25, -0.2) is 0 Å². The maximum absolute atomic E-state index is 11.0. The third-order valence-corrected chi connectivity index (χ3v) is 3.34. The SMILES string of the molecule is Cc1cc(C(N)=O)ccc1NC1CCC(N)C1. The first-order valence-electron chi connectivity index (χ1n) is 5.99. The van der Waals surface area contributed by atoms with Crippen molar-refractivity contribution < 1.29 is 4.79 Å². The number of carbonyl (C=O) groups excluding carboxylic acids is 1. The van der Waals surface area contributed by atoms with Gasteiger partial charge in [0.15, 0.2) is 0 Å². The van der Waals surface area contributed by atoms with E-state index in [-0.39, 0.29) is 5.91 Å². The number of primary amides is 1. The van der Waals surface area contributed by atoms with Crippen molar-refractivity contribution in [1.29, 1.82) is 0 Å². The topological polar surface area (TPSA) is 81.1 Å². The zero-order valence-electron chi connectivity index (χ0n) is 10.1. The summed E-state index contributed by atoms with van der Waals surface area (Å²) in [6, 6.07) is 6.26. The Morgan fingerprint density at radius 2 is 2.18 bits per heavy atom. The third-order valence-electron chi connectivity index (χ3n) is 3.34. The summed E-state index contributed by atoms with van der Waals surface area (Å²) in [7, 11) is 0. The molecule has 1 aliphatic rings. The number of nitrogens with two attached hydrogens (primary N) is 2. The lowest BCUT2D eigenvalue weighted by molar-refractivity contribution is 0.1000. The van der Waals surface area contributed by atoms with Gasteiger partial charge < -0.3 is 16.8 Å². The van der Waals surface area contributed by atoms with Crippen molar-refractivity contribution in [2.24, 2.45) is 11.5 Å². The summed E-state index contributed by atoms with van der Waals surface area (Å²) in [5.74, 6) is -0.387. The van der Waals surface area contributed by atoms with E-state index in [1.165, 1.54) is 0 Å². The van der Waals surface area contributed by atoms with Crippen LogP contribution in [0.3, 0.4) is 0 Å². The summed E-state index contributed by atoms with van der Waals surface area (Å²) in [6.07, 6.45) is 3.20. The Hall–Kier alpha value is -1.55. The highest BCUT2D eigenvalue weighted by Crippen LogP contribution is 2.24. The first kappa shape index (κ1) is 11.9. The van der Waals surface area contributed by atoms with Gasteiger partial charge in [0.05, 0.1) is 0 Å². The van der Waals surface area contributed by atoms with E-state index in [2.05, 4.69) is 5.32 Å². The van der Waals surface area contributed by atoms with Crippen LogP contribution in [0.2, 0.25) is 0 Å². The first-order chi connectivity index (χ1) is 8.06. The van der Waals surface area contributed by atoms with Gasteiger partial charge in [-0.05, 0) is 49.9 Å². The Morgan fingerprint density at radius 1 is 1.41 bits per heavy atom. The van der Waals surface area contributed by atoms with Crippen LogP contribution in [0.25, 0.3) is 0 Å². The molecule has 92 valence electrons. The van der Waals surface area contributed by atoms with Crippen molar-refractivity contribution in [3.63, 3.8) is 0 Å². The normalized spacial score (nSPS) is 23.6. The van der Waals surface area contributed by atoms with E-state index in [9.17, 15) is 4.79 Å². The Kier molecular flexibility index (Phi) is 3.33. The van der Waals surface area contributed by atoms with Crippen molar-refractivity contribution in [3.05, 3.63) is 29.3 Å². The highest BCUT2D eigenvalue weighted by Gasteiger charge is 2.21. The van der Waals surface area contributed by atoms with Crippen molar-refractivity contribution in [1.82, 2.24) is 0 Å². The van der Waals surface area contributed by atoms with Gasteiger partial charge in [0.2, 0.25) is 5.91 Å². The molecule has 1 aromatic carbocycles. The van der Waals surface area contributed by atoms with E-state index < -0.39 is 0 Å². The minimum absolute atomic E-state index is 0.317. The Bertz CT molecular complexity index is 431. The minimum atomic E-state index is -0.387. The molecule has 1 saturated carbocycles. The maximum atomic E-state index is 11.0. The first-order valence-corrected chi connectivity index (χ1v) is 5.99. The molecule has 1 aromatic rings. The zero-order chi connectivity index (χ0) is 12.4. The van der Waals surface area contributed by atoms with Crippen LogP contribution in [0.1, 0.15) is 35.2 Å². The molecule has 4 heteroatoms. The van der Waals surface area contributed by atoms with Crippen LogP contribution >= 0.6 is 0 Å². The number of carbonyl (C=O) groups is 1. The quantitative estimate of drug-likeness (QED) is 0.738. The molecule has 0 bridgehead atoms. The molecule has 0 radical (unpaired) electrons. The molecule has 1 fully saturated rings. The average Bonchev–Trinajstić information content (AvgIpc) is 2.67. The van der Waals surface area contributed by atoms with Gasteiger partial charge >= 0.3 is 0 Å². The molecule has 17 heavy (non-hydrogen) atoms. The monoisotopic (exact) mass is 233 g/mol. The second-order valence-electron chi connectivity index (χ2n) is 4.81. The van der Waals surface area contributed by atoms with Gasteiger partial charge in [-0.1, -0.05) is 0 Å². The lowest BCUT2D eigenvalue weighted by Crippen LogP contribution is -2.21. The minimum Gasteiger partial charge on any atom is -0.382 e. The molecule has 0 heterocycles. The molecule has 1 aliphatic carbocycles. The van der Waals surface area contributed by atoms with Crippen LogP contribution in [-0.2, 0) is 0 Å². The standard InChI is InChI=1S/C13H19N3O/c1-8-6-9(13(15)17)2-5-12(8)16-11-4-3-10(14)7-11/h2,5-6,10-11,16H,3-4,7,14H2,1H3,(H2,15,17). The Balaban J connectivity index is 2.09. The number of benzene rings is 1. The van der Waals surface area contributed by atoms with Crippen LogP contribution < -0.4 is 16.8 Å². The van der Waals surface area contributed by atoms with E-state index in [1.807, 2.05) is 19.1 Å². The molecule has 2 atom stereocenters. The number of nitrogens with one attached hydrogen (secondary N) is 1. The smallest absolute Gasteiger partial charge is 0.248 e. The number of rotatable bonds is 3. The number of aryl methyl sites for hydroxylation is 1. The van der Waals surface area contributed by atoms with E-state index in [1.54, 1.807) is 6.07 Å². The van der Waals surface area contributed by atoms with Crippen LogP contribution in [-0.4, -0.2) is 18.0 Å². The predicted octanol–water partition coefficient (Wildman–Crippen LogP) is 1.39. The summed E-state index contributed by atoms with van der Waals surface area (Å²) < 4.78 is 0. The molecule has 5 N–H and O–H groups in total. The Labute approximate surface area is 101 Å². The van der Waals surface area contributed by atoms with Crippen LogP contribution in [0.5, 0.6) is 0 Å². The second kappa shape index (κ2) is 4.75. The molecule has 0 saturated heterocycles. The van der Waals surface area contributed by atoms with E-state index in [0.717, 1.165) is 30.5 Å². The van der Waals surface area contributed by atoms with Crippen LogP contribution in [0.4, 0.5) is 5.69 Å². The lowest BCUT2D eigenvalue weighted by atomic mass is 10.1. The highest BCUT2D eigenvalue weighted by atomic mass is 16.1. The fraction of sp³-hybridized carbons (Fsp3) is 0.462. The molecule has 0 aliphatic heterocycles. The molecule has 1 amide bonds. The van der Waals surface area contributed by atoms with Crippen molar-refractivity contribution in [3.8, 4) is 0 Å². The molecule has 2 rings (SSSR count). The van der Waals surface area contributed by atoms with E-state index >= 15 is 0 Å². The van der Waals surface area contributed by atoms with Gasteiger partial charge in [0, 0.05) is 23.3 Å². The van der Waals surface area contributed by atoms with Gasteiger partial charge in [0.25, 0.3) is 0 Å². The molecular formula is C13H19N3O. The number of amides is 1. The van der Waals surface area contributed by atoms with Gasteiger partial charge in [-0.3, -0.25) is 4.79 Å². The van der Waals surface area contributed by atoms with Crippen molar-refractivity contribution in [2.75, 3.05) is 5.32 Å². The summed E-state index contributed by atoms with van der Waals surface area (Å²) in [6.45, 7) is 1.98. The maximum Gasteiger partial charge on any atom is 0.248 e. The van der Waals surface area contributed by atoms with Crippen LogP contribution in [0.15, 0.2) is 18.2 Å². The number of hydrogen-bond donors (Lipinski definition) is 3. The largest absolute Gasteiger partial charge is 0.382 e. The Morgan fingerprint density at radius 3 is 2.71 bits per heavy atom. The molecule has 2 unspecified atom stereocenters. The highest BCUT2D eigenvalue weighted by molar-refractivity contribution is 5.93. The van der Waals surface area contributed by atoms with E-state index in [4.69, 9.17) is 11.5 Å². The lowest BCUT2D eigenvalue weighted by Gasteiger charge is -2.16. The number of anilines is 1. The second-order valence-corrected chi connectivity index (χ2v) is 4.81. The summed E-state index contributed by atoms with van der Waals surface area (Å²) >= 11 is 0. The van der Waals surface area contributed by atoms with Gasteiger partial charge in [0.1, 0.15) is 0 Å². The zero-order valence-corrected chi connectivity index (χ0v) is 10.1. The molecular weight excluding hydrogens is 214 g/mol. The number of hydrogen-bond acceptors (Lipinski definition) is 3. The fourth-order valence-electron chi connectivity index (χ4n) is 2.35. The van der Waals surface area contributed by atoms with Crippen molar-refractivity contribution >= 4 is 11.6 Å². The molecule has 4 nitrogen and oxygen atoms in total. The summed E-state index contributed by atoms with van der Waals surface area (Å²) in [5.41, 5.74) is 13.8. The van der Waals surface area contributed by atoms with Gasteiger partial charge in [-0.2, -0.15) is 0 Å². The van der Waals surface area contributed by atoms with Gasteiger partial charge in [-0.15, -0.1) is 0 Å². The third kappa shape index (κ3) is 2.77. The molecule has 0 spiro atoms. The predicted molar refractivity (Wildman–Crippen MR) is 68.9 cm³/mol. The fourth-order valence-corrected chi connectivity index (χ4v) is 2.35. The summed E-state index contributed by atoms with van der Waals surface area (Å²) in [4.78, 5) is 11.0. The molecule has 0 aromatic heterocycles. The summed E-state index contributed by atoms with van der Waals surface area (Å²) in [5, 5.41) is 3.47. The van der Waals surface area contributed by atoms with Crippen molar-refractivity contribution in [2.45, 2.75) is 38.3 Å².